The van der Waals surface area contributed by atoms with Gasteiger partial charge in [0, 0.05) is 0 Å². The molecular weight excluding hydrogens is 246 g/mol. The van der Waals surface area contributed by atoms with Gasteiger partial charge in [0.25, 0.3) is 0 Å². The van der Waals surface area contributed by atoms with Crippen LogP contribution in [-0.2, 0) is 0 Å². The second-order valence-corrected chi connectivity index (χ2v) is 3.98. The van der Waals surface area contributed by atoms with Crippen LogP contribution in [0.15, 0.2) is 36.7 Å². The highest BCUT2D eigenvalue weighted by Crippen LogP contribution is 2.19. The Morgan fingerprint density at radius 1 is 1.21 bits per heavy atom. The molecule has 0 saturated heterocycles. The summed E-state index contributed by atoms with van der Waals surface area (Å²) in [6.07, 6.45) is 2.38. The van der Waals surface area contributed by atoms with Gasteiger partial charge in [-0.2, -0.15) is 0 Å². The molecule has 3 aromatic rings. The molecule has 0 aliphatic rings. The van der Waals surface area contributed by atoms with Gasteiger partial charge >= 0.3 is 5.69 Å². The van der Waals surface area contributed by atoms with Crippen LogP contribution in [-0.4, -0.2) is 24.4 Å². The molecule has 0 aliphatic heterocycles. The predicted octanol–water partition coefficient (Wildman–Crippen LogP) is 2.03. The lowest BCUT2D eigenvalue weighted by Gasteiger charge is -2.03. The first-order valence-corrected chi connectivity index (χ1v) is 5.58. The summed E-state index contributed by atoms with van der Waals surface area (Å²) in [5.41, 5.74) is 1.57. The monoisotopic (exact) mass is 255 g/mol. The van der Waals surface area contributed by atoms with Crippen LogP contribution < -0.4 is 0 Å². The fourth-order valence-corrected chi connectivity index (χ4v) is 1.92. The number of nitrogens with zero attached hydrogens (tertiary/aromatic N) is 5. The number of hydrogen-bond acceptors (Lipinski definition) is 5. The molecule has 0 radical (unpaired) electrons. The number of nitro groups is 1. The van der Waals surface area contributed by atoms with Gasteiger partial charge in [-0.05, 0) is 19.1 Å². The Hall–Kier alpha value is -2.83. The second kappa shape index (κ2) is 4.13. The van der Waals surface area contributed by atoms with Crippen molar-refractivity contribution in [2.24, 2.45) is 0 Å². The molecule has 0 fully saturated rings. The van der Waals surface area contributed by atoms with Gasteiger partial charge in [0.2, 0.25) is 5.95 Å². The highest BCUT2D eigenvalue weighted by atomic mass is 16.6. The number of benzene rings is 1. The van der Waals surface area contributed by atoms with E-state index in [1.807, 2.05) is 31.2 Å². The van der Waals surface area contributed by atoms with E-state index in [2.05, 4.69) is 15.0 Å². The van der Waals surface area contributed by atoms with E-state index >= 15 is 0 Å². The predicted molar refractivity (Wildman–Crippen MR) is 68.1 cm³/mol. The van der Waals surface area contributed by atoms with Gasteiger partial charge in [-0.3, -0.25) is 14.7 Å². The minimum Gasteiger partial charge on any atom is -0.264 e. The quantitative estimate of drug-likeness (QED) is 0.516. The van der Waals surface area contributed by atoms with Gasteiger partial charge < -0.3 is 0 Å². The van der Waals surface area contributed by atoms with Crippen molar-refractivity contribution in [2.45, 2.75) is 6.92 Å². The zero-order valence-corrected chi connectivity index (χ0v) is 10.0. The number of imidazole rings is 1. The molecule has 7 heteroatoms. The third-order valence-corrected chi connectivity index (χ3v) is 2.76. The van der Waals surface area contributed by atoms with E-state index in [0.717, 1.165) is 16.9 Å². The molecule has 19 heavy (non-hydrogen) atoms. The number of hydrogen-bond donors (Lipinski definition) is 0. The summed E-state index contributed by atoms with van der Waals surface area (Å²) in [6, 6.07) is 7.59. The van der Waals surface area contributed by atoms with E-state index in [-0.39, 0.29) is 5.69 Å². The minimum atomic E-state index is -0.525. The molecular formula is C12H9N5O2. The zero-order valence-electron chi connectivity index (χ0n) is 10.0. The van der Waals surface area contributed by atoms with Gasteiger partial charge in [0.15, 0.2) is 0 Å². The Morgan fingerprint density at radius 2 is 1.89 bits per heavy atom. The van der Waals surface area contributed by atoms with E-state index in [1.165, 1.54) is 12.4 Å². The first-order valence-electron chi connectivity index (χ1n) is 5.58. The van der Waals surface area contributed by atoms with Crippen LogP contribution in [0.5, 0.6) is 0 Å². The summed E-state index contributed by atoms with van der Waals surface area (Å²) in [7, 11) is 0. The van der Waals surface area contributed by atoms with Crippen LogP contribution in [0.4, 0.5) is 5.69 Å². The van der Waals surface area contributed by atoms with Crippen molar-refractivity contribution in [1.29, 1.82) is 0 Å². The van der Waals surface area contributed by atoms with Gasteiger partial charge in [0.1, 0.15) is 18.2 Å². The molecule has 0 bridgehead atoms. The topological polar surface area (TPSA) is 86.7 Å². The van der Waals surface area contributed by atoms with Crippen molar-refractivity contribution in [3.8, 4) is 5.95 Å². The molecule has 0 amide bonds. The van der Waals surface area contributed by atoms with Crippen LogP contribution in [0.25, 0.3) is 17.0 Å². The van der Waals surface area contributed by atoms with Crippen molar-refractivity contribution in [3.63, 3.8) is 0 Å². The first-order chi connectivity index (χ1) is 9.16. The molecule has 7 nitrogen and oxygen atoms in total. The van der Waals surface area contributed by atoms with Crippen molar-refractivity contribution in [2.75, 3.05) is 0 Å². The molecule has 0 saturated carbocycles. The van der Waals surface area contributed by atoms with Crippen molar-refractivity contribution in [3.05, 3.63) is 52.6 Å². The van der Waals surface area contributed by atoms with Gasteiger partial charge in [-0.15, -0.1) is 0 Å². The zero-order chi connectivity index (χ0) is 13.4. The van der Waals surface area contributed by atoms with E-state index < -0.39 is 4.92 Å². The van der Waals surface area contributed by atoms with Gasteiger partial charge in [-0.1, -0.05) is 12.1 Å². The number of aryl methyl sites for hydroxylation is 1. The SMILES string of the molecule is Cc1nc2ccccc2n1-c1ncc([N+](=O)[O-])cn1. The van der Waals surface area contributed by atoms with Crippen LogP contribution >= 0.6 is 0 Å². The highest BCUT2D eigenvalue weighted by molar-refractivity contribution is 5.77. The maximum absolute atomic E-state index is 10.6. The molecule has 2 heterocycles. The summed E-state index contributed by atoms with van der Waals surface area (Å²) < 4.78 is 1.76. The standard InChI is InChI=1S/C12H9N5O2/c1-8-15-10-4-2-3-5-11(10)16(8)12-13-6-9(7-14-12)17(18)19/h2-7H,1H3. The van der Waals surface area contributed by atoms with Crippen LogP contribution in [0, 0.1) is 17.0 Å². The number of fused-ring (bicyclic) bond motifs is 1. The number of rotatable bonds is 2. The third kappa shape index (κ3) is 1.81. The Morgan fingerprint density at radius 3 is 2.58 bits per heavy atom. The van der Waals surface area contributed by atoms with Gasteiger partial charge in [0.05, 0.1) is 16.0 Å². The molecule has 3 rings (SSSR count). The van der Waals surface area contributed by atoms with Crippen molar-refractivity contribution in [1.82, 2.24) is 19.5 Å². The number of para-hydroxylation sites is 2. The van der Waals surface area contributed by atoms with E-state index in [4.69, 9.17) is 0 Å². The van der Waals surface area contributed by atoms with Crippen LogP contribution in [0.3, 0.4) is 0 Å². The molecule has 0 atom stereocenters. The second-order valence-electron chi connectivity index (χ2n) is 3.98. The summed E-state index contributed by atoms with van der Waals surface area (Å²) in [5.74, 6) is 1.10. The maximum Gasteiger partial charge on any atom is 0.305 e. The largest absolute Gasteiger partial charge is 0.305 e. The fourth-order valence-electron chi connectivity index (χ4n) is 1.92. The molecule has 0 N–H and O–H groups in total. The average Bonchev–Trinajstić information content (AvgIpc) is 2.74. The average molecular weight is 255 g/mol. The van der Waals surface area contributed by atoms with Crippen LogP contribution in [0.1, 0.15) is 5.82 Å². The normalized spacial score (nSPS) is 10.8. The Balaban J connectivity index is 2.18. The highest BCUT2D eigenvalue weighted by Gasteiger charge is 2.12. The Kier molecular flexibility index (Phi) is 2.45. The third-order valence-electron chi connectivity index (χ3n) is 2.76. The lowest BCUT2D eigenvalue weighted by atomic mass is 10.3. The minimum absolute atomic E-state index is 0.133. The lowest BCUT2D eigenvalue weighted by Crippen LogP contribution is -2.03. The van der Waals surface area contributed by atoms with Gasteiger partial charge in [-0.25, -0.2) is 15.0 Å². The van der Waals surface area contributed by atoms with E-state index in [1.54, 1.807) is 4.57 Å². The summed E-state index contributed by atoms with van der Waals surface area (Å²) >= 11 is 0. The fraction of sp³-hybridized carbons (Fsp3) is 0.0833. The summed E-state index contributed by atoms with van der Waals surface area (Å²) in [4.78, 5) is 22.5. The Bertz CT molecular complexity index is 763. The van der Waals surface area contributed by atoms with Crippen molar-refractivity contribution < 1.29 is 4.92 Å². The molecule has 2 aromatic heterocycles. The number of aromatic nitrogens is 4. The van der Waals surface area contributed by atoms with E-state index in [0.29, 0.717) is 5.95 Å². The smallest absolute Gasteiger partial charge is 0.264 e. The molecule has 0 unspecified atom stereocenters. The summed E-state index contributed by atoms with van der Waals surface area (Å²) in [5, 5.41) is 10.6. The van der Waals surface area contributed by atoms with E-state index in [9.17, 15) is 10.1 Å². The molecule has 1 aromatic carbocycles. The summed E-state index contributed by atoms with van der Waals surface area (Å²) in [6.45, 7) is 1.84. The maximum atomic E-state index is 10.6. The Labute approximate surface area is 107 Å². The molecule has 0 spiro atoms. The van der Waals surface area contributed by atoms with Crippen molar-refractivity contribution >= 4 is 16.7 Å². The first kappa shape index (κ1) is 11.3. The van der Waals surface area contributed by atoms with Crippen LogP contribution in [0.2, 0.25) is 0 Å². The molecule has 94 valence electrons. The molecule has 0 aliphatic carbocycles. The lowest BCUT2D eigenvalue weighted by molar-refractivity contribution is -0.385.